The third-order valence-corrected chi connectivity index (χ3v) is 6.94. The van der Waals surface area contributed by atoms with Crippen LogP contribution >= 0.6 is 0 Å². The highest BCUT2D eigenvalue weighted by atomic mass is 16.5. The van der Waals surface area contributed by atoms with E-state index in [0.717, 1.165) is 58.8 Å². The van der Waals surface area contributed by atoms with Gasteiger partial charge in [-0.25, -0.2) is 0 Å². The number of piperidine rings is 1. The molecule has 0 atom stereocenters. The first kappa shape index (κ1) is 24.8. The lowest BCUT2D eigenvalue weighted by atomic mass is 10.0. The summed E-state index contributed by atoms with van der Waals surface area (Å²) in [6, 6.07) is 21.4. The molecule has 1 fully saturated rings. The molecule has 0 unspecified atom stereocenters. The molecule has 1 aliphatic rings. The first-order valence-electron chi connectivity index (χ1n) is 13.3. The molecule has 1 saturated heterocycles. The minimum Gasteiger partial charge on any atom is -0.456 e. The molecule has 6 rings (SSSR count). The molecule has 196 valence electrons. The lowest BCUT2D eigenvalue weighted by Crippen LogP contribution is -2.29. The summed E-state index contributed by atoms with van der Waals surface area (Å²) < 4.78 is 5.95. The number of ether oxygens (including phenoxy) is 1. The summed E-state index contributed by atoms with van der Waals surface area (Å²) in [7, 11) is 0. The number of benzene rings is 2. The number of rotatable bonds is 8. The second-order valence-corrected chi connectivity index (χ2v) is 9.86. The van der Waals surface area contributed by atoms with Crippen LogP contribution in [0.2, 0.25) is 0 Å². The summed E-state index contributed by atoms with van der Waals surface area (Å²) in [4.78, 5) is 24.2. The lowest BCUT2D eigenvalue weighted by molar-refractivity contribution is -0.115. The van der Waals surface area contributed by atoms with Crippen LogP contribution in [0.4, 0.5) is 5.69 Å². The SMILES string of the molecule is O=C(Cc1[nH]nc2ccc(-c3cncc(Oc4ccccc4)c3)cc12)Nc1ccc(CN2CCCCC2)nc1. The molecule has 8 nitrogen and oxygen atoms in total. The Balaban J connectivity index is 1.13. The van der Waals surface area contributed by atoms with Crippen molar-refractivity contribution in [3.8, 4) is 22.6 Å². The molecule has 39 heavy (non-hydrogen) atoms. The largest absolute Gasteiger partial charge is 0.456 e. The van der Waals surface area contributed by atoms with Crippen molar-refractivity contribution < 1.29 is 9.53 Å². The van der Waals surface area contributed by atoms with E-state index in [4.69, 9.17) is 4.74 Å². The van der Waals surface area contributed by atoms with Crippen LogP contribution in [0.25, 0.3) is 22.0 Å². The summed E-state index contributed by atoms with van der Waals surface area (Å²) in [5.41, 5.74) is 5.14. The average molecular weight is 519 g/mol. The number of anilines is 1. The Morgan fingerprint density at radius 1 is 0.897 bits per heavy atom. The number of H-pyrrole nitrogens is 1. The molecular formula is C31H30N6O2. The number of hydrogen-bond donors (Lipinski definition) is 2. The Bertz CT molecular complexity index is 1560. The van der Waals surface area contributed by atoms with Gasteiger partial charge in [-0.15, -0.1) is 0 Å². The highest BCUT2D eigenvalue weighted by Crippen LogP contribution is 2.29. The number of amides is 1. The monoisotopic (exact) mass is 518 g/mol. The van der Waals surface area contributed by atoms with Crippen molar-refractivity contribution in [2.45, 2.75) is 32.2 Å². The Kier molecular flexibility index (Phi) is 7.27. The molecule has 3 aromatic heterocycles. The molecule has 1 amide bonds. The molecule has 0 spiro atoms. The van der Waals surface area contributed by atoms with E-state index in [-0.39, 0.29) is 12.3 Å². The number of hydrogen-bond acceptors (Lipinski definition) is 6. The van der Waals surface area contributed by atoms with E-state index in [0.29, 0.717) is 11.4 Å². The summed E-state index contributed by atoms with van der Waals surface area (Å²) in [5.74, 6) is 1.28. The van der Waals surface area contributed by atoms with E-state index < -0.39 is 0 Å². The topological polar surface area (TPSA) is 96.0 Å². The van der Waals surface area contributed by atoms with E-state index in [1.165, 1.54) is 19.3 Å². The number of aromatic amines is 1. The minimum absolute atomic E-state index is 0.128. The predicted molar refractivity (Wildman–Crippen MR) is 152 cm³/mol. The van der Waals surface area contributed by atoms with E-state index in [1.54, 1.807) is 18.6 Å². The van der Waals surface area contributed by atoms with Gasteiger partial charge in [0.05, 0.1) is 41.4 Å². The van der Waals surface area contributed by atoms with Crippen molar-refractivity contribution in [3.05, 3.63) is 96.7 Å². The predicted octanol–water partition coefficient (Wildman–Crippen LogP) is 5.98. The Hall–Kier alpha value is -4.56. The van der Waals surface area contributed by atoms with Gasteiger partial charge in [0, 0.05) is 23.7 Å². The Labute approximate surface area is 227 Å². The molecule has 0 radical (unpaired) electrons. The lowest BCUT2D eigenvalue weighted by Gasteiger charge is -2.25. The van der Waals surface area contributed by atoms with Crippen LogP contribution in [0.3, 0.4) is 0 Å². The second-order valence-electron chi connectivity index (χ2n) is 9.86. The molecular weight excluding hydrogens is 488 g/mol. The van der Waals surface area contributed by atoms with Crippen LogP contribution < -0.4 is 10.1 Å². The third kappa shape index (κ3) is 6.13. The van der Waals surface area contributed by atoms with Crippen LogP contribution in [0.15, 0.2) is 85.3 Å². The minimum atomic E-state index is -0.128. The van der Waals surface area contributed by atoms with Gasteiger partial charge < -0.3 is 10.1 Å². The molecule has 0 aliphatic carbocycles. The van der Waals surface area contributed by atoms with Gasteiger partial charge in [-0.2, -0.15) is 5.10 Å². The Morgan fingerprint density at radius 2 is 1.77 bits per heavy atom. The van der Waals surface area contributed by atoms with Crippen LogP contribution in [-0.4, -0.2) is 44.1 Å². The summed E-state index contributed by atoms with van der Waals surface area (Å²) in [5, 5.41) is 11.3. The second kappa shape index (κ2) is 11.4. The first-order chi connectivity index (χ1) is 19.2. The molecule has 1 aliphatic heterocycles. The third-order valence-electron chi connectivity index (χ3n) is 6.94. The molecule has 0 bridgehead atoms. The summed E-state index contributed by atoms with van der Waals surface area (Å²) in [6.07, 6.45) is 9.22. The molecule has 2 N–H and O–H groups in total. The number of nitrogens with one attached hydrogen (secondary N) is 2. The normalized spacial score (nSPS) is 13.8. The molecule has 0 saturated carbocycles. The molecule has 5 aromatic rings. The zero-order chi connectivity index (χ0) is 26.4. The van der Waals surface area contributed by atoms with Crippen molar-refractivity contribution in [1.82, 2.24) is 25.1 Å². The van der Waals surface area contributed by atoms with Crippen LogP contribution in [0.5, 0.6) is 11.5 Å². The smallest absolute Gasteiger partial charge is 0.230 e. The van der Waals surface area contributed by atoms with E-state index in [9.17, 15) is 4.79 Å². The van der Waals surface area contributed by atoms with Gasteiger partial charge >= 0.3 is 0 Å². The van der Waals surface area contributed by atoms with Crippen molar-refractivity contribution in [3.63, 3.8) is 0 Å². The fourth-order valence-corrected chi connectivity index (χ4v) is 4.94. The quantitative estimate of drug-likeness (QED) is 0.262. The number of carbonyl (C=O) groups is 1. The number of nitrogens with zero attached hydrogens (tertiary/aromatic N) is 4. The number of fused-ring (bicyclic) bond motifs is 1. The zero-order valence-electron chi connectivity index (χ0n) is 21.6. The van der Waals surface area contributed by atoms with Crippen molar-refractivity contribution in [2.24, 2.45) is 0 Å². The van der Waals surface area contributed by atoms with Gasteiger partial charge in [-0.3, -0.25) is 24.8 Å². The maximum Gasteiger partial charge on any atom is 0.230 e. The number of carbonyl (C=O) groups excluding carboxylic acids is 1. The summed E-state index contributed by atoms with van der Waals surface area (Å²) in [6.45, 7) is 3.11. The van der Waals surface area contributed by atoms with Gasteiger partial charge in [0.15, 0.2) is 0 Å². The number of aromatic nitrogens is 4. The van der Waals surface area contributed by atoms with Crippen LogP contribution in [0.1, 0.15) is 30.7 Å². The standard InChI is InChI=1S/C31H30N6O2/c38-31(34-24-10-11-25(33-19-24)21-37-13-5-2-6-14-37)17-30-28-16-22(9-12-29(28)35-36-30)23-15-27(20-32-18-23)39-26-7-3-1-4-8-26/h1,3-4,7-12,15-16,18-20H,2,5-6,13-14,17,21H2,(H,34,38)(H,35,36). The van der Waals surface area contributed by atoms with E-state index in [2.05, 4.69) is 30.4 Å². The summed E-state index contributed by atoms with van der Waals surface area (Å²) >= 11 is 0. The fourth-order valence-electron chi connectivity index (χ4n) is 4.94. The van der Waals surface area contributed by atoms with Crippen LogP contribution in [-0.2, 0) is 17.8 Å². The van der Waals surface area contributed by atoms with Crippen molar-refractivity contribution >= 4 is 22.5 Å². The highest BCUT2D eigenvalue weighted by molar-refractivity contribution is 5.95. The van der Waals surface area contributed by atoms with Gasteiger partial charge in [-0.05, 0) is 74.0 Å². The maximum absolute atomic E-state index is 12.9. The fraction of sp³-hybridized carbons (Fsp3) is 0.226. The van der Waals surface area contributed by atoms with E-state index >= 15 is 0 Å². The molecule has 2 aromatic carbocycles. The van der Waals surface area contributed by atoms with E-state index in [1.807, 2.05) is 66.7 Å². The zero-order valence-corrected chi connectivity index (χ0v) is 21.6. The number of para-hydroxylation sites is 1. The first-order valence-corrected chi connectivity index (χ1v) is 13.3. The van der Waals surface area contributed by atoms with Gasteiger partial charge in [-0.1, -0.05) is 30.7 Å². The van der Waals surface area contributed by atoms with Crippen molar-refractivity contribution in [2.75, 3.05) is 18.4 Å². The Morgan fingerprint density at radius 3 is 2.59 bits per heavy atom. The number of likely N-dealkylation sites (tertiary alicyclic amines) is 1. The average Bonchev–Trinajstić information content (AvgIpc) is 3.37. The highest BCUT2D eigenvalue weighted by Gasteiger charge is 2.14. The molecule has 8 heteroatoms. The van der Waals surface area contributed by atoms with Gasteiger partial charge in [0.1, 0.15) is 11.5 Å². The van der Waals surface area contributed by atoms with Gasteiger partial charge in [0.25, 0.3) is 0 Å². The van der Waals surface area contributed by atoms with Crippen molar-refractivity contribution in [1.29, 1.82) is 0 Å². The van der Waals surface area contributed by atoms with Gasteiger partial charge in [0.2, 0.25) is 5.91 Å². The van der Waals surface area contributed by atoms with Crippen LogP contribution in [0, 0.1) is 0 Å². The number of pyridine rings is 2. The molecule has 4 heterocycles. The maximum atomic E-state index is 12.9.